The van der Waals surface area contributed by atoms with Gasteiger partial charge in [0.1, 0.15) is 12.1 Å². The van der Waals surface area contributed by atoms with Crippen LogP contribution in [0.2, 0.25) is 0 Å². The largest absolute Gasteiger partial charge is 0.355 e. The number of anilines is 1. The minimum Gasteiger partial charge on any atom is -0.355 e. The second-order valence-electron chi connectivity index (χ2n) is 7.46. The standard InChI is InChI=1S/C18H26N6O/c1-13-4-2-3-5-15(13)20-18(25)14-8-10-23(11-9-14)17-7-6-16-21-19-12-24(16)22-17/h6-7,12-15H,2-5,8-11H2,1H3,(H,20,25). The first-order chi connectivity index (χ1) is 12.2. The van der Waals surface area contributed by atoms with E-state index in [1.807, 2.05) is 12.1 Å². The van der Waals surface area contributed by atoms with Gasteiger partial charge in [-0.15, -0.1) is 15.3 Å². The lowest BCUT2D eigenvalue weighted by Gasteiger charge is -2.34. The number of carbonyl (C=O) groups excluding carboxylic acids is 1. The third kappa shape index (κ3) is 3.45. The Kier molecular flexibility index (Phi) is 4.55. The number of piperidine rings is 1. The Hall–Kier alpha value is -2.18. The first kappa shape index (κ1) is 16.3. The minimum atomic E-state index is 0.129. The Labute approximate surface area is 147 Å². The summed E-state index contributed by atoms with van der Waals surface area (Å²) in [6, 6.07) is 4.28. The van der Waals surface area contributed by atoms with Crippen LogP contribution in [-0.4, -0.2) is 44.8 Å². The van der Waals surface area contributed by atoms with Gasteiger partial charge in [-0.3, -0.25) is 4.79 Å². The van der Waals surface area contributed by atoms with Crippen LogP contribution in [0.25, 0.3) is 5.65 Å². The molecule has 4 rings (SSSR count). The lowest BCUT2D eigenvalue weighted by atomic mass is 9.85. The van der Waals surface area contributed by atoms with E-state index in [0.29, 0.717) is 12.0 Å². The predicted octanol–water partition coefficient (Wildman–Crippen LogP) is 2.04. The highest BCUT2D eigenvalue weighted by Crippen LogP contribution is 2.26. The van der Waals surface area contributed by atoms with E-state index in [9.17, 15) is 4.79 Å². The molecule has 7 heteroatoms. The molecule has 0 bridgehead atoms. The molecule has 1 saturated heterocycles. The molecular weight excluding hydrogens is 316 g/mol. The van der Waals surface area contributed by atoms with Crippen molar-refractivity contribution in [1.82, 2.24) is 25.1 Å². The highest BCUT2D eigenvalue weighted by Gasteiger charge is 2.29. The van der Waals surface area contributed by atoms with Gasteiger partial charge in [0.25, 0.3) is 0 Å². The molecule has 25 heavy (non-hydrogen) atoms. The highest BCUT2D eigenvalue weighted by atomic mass is 16.2. The normalized spacial score (nSPS) is 25.2. The van der Waals surface area contributed by atoms with Gasteiger partial charge in [-0.05, 0) is 43.7 Å². The van der Waals surface area contributed by atoms with Gasteiger partial charge in [0, 0.05) is 25.0 Å². The number of hydrogen-bond donors (Lipinski definition) is 1. The van der Waals surface area contributed by atoms with E-state index in [-0.39, 0.29) is 11.8 Å². The molecule has 2 atom stereocenters. The zero-order valence-corrected chi connectivity index (χ0v) is 14.8. The Morgan fingerprint density at radius 3 is 2.76 bits per heavy atom. The van der Waals surface area contributed by atoms with Gasteiger partial charge < -0.3 is 10.2 Å². The van der Waals surface area contributed by atoms with Crippen molar-refractivity contribution in [2.45, 2.75) is 51.5 Å². The van der Waals surface area contributed by atoms with Crippen LogP contribution < -0.4 is 10.2 Å². The smallest absolute Gasteiger partial charge is 0.223 e. The Morgan fingerprint density at radius 1 is 1.16 bits per heavy atom. The molecule has 2 unspecified atom stereocenters. The molecule has 2 aromatic rings. The summed E-state index contributed by atoms with van der Waals surface area (Å²) in [5, 5.41) is 15.7. The van der Waals surface area contributed by atoms with Crippen molar-refractivity contribution < 1.29 is 4.79 Å². The fourth-order valence-corrected chi connectivity index (χ4v) is 4.09. The topological polar surface area (TPSA) is 75.4 Å². The maximum Gasteiger partial charge on any atom is 0.223 e. The van der Waals surface area contributed by atoms with Crippen LogP contribution in [0.4, 0.5) is 5.82 Å². The molecule has 134 valence electrons. The first-order valence-corrected chi connectivity index (χ1v) is 9.43. The van der Waals surface area contributed by atoms with Crippen molar-refractivity contribution >= 4 is 17.4 Å². The summed E-state index contributed by atoms with van der Waals surface area (Å²) >= 11 is 0. The Morgan fingerprint density at radius 2 is 1.96 bits per heavy atom. The minimum absolute atomic E-state index is 0.129. The van der Waals surface area contributed by atoms with Crippen molar-refractivity contribution in [3.05, 3.63) is 18.5 Å². The monoisotopic (exact) mass is 342 g/mol. The first-order valence-electron chi connectivity index (χ1n) is 9.43. The van der Waals surface area contributed by atoms with E-state index in [0.717, 1.165) is 43.8 Å². The fourth-order valence-electron chi connectivity index (χ4n) is 4.09. The van der Waals surface area contributed by atoms with Crippen molar-refractivity contribution in [3.8, 4) is 0 Å². The predicted molar refractivity (Wildman–Crippen MR) is 95.3 cm³/mol. The second-order valence-corrected chi connectivity index (χ2v) is 7.46. The van der Waals surface area contributed by atoms with Gasteiger partial charge in [-0.1, -0.05) is 19.8 Å². The van der Waals surface area contributed by atoms with Crippen molar-refractivity contribution in [2.75, 3.05) is 18.0 Å². The summed E-state index contributed by atoms with van der Waals surface area (Å²) in [5.41, 5.74) is 0.750. The van der Waals surface area contributed by atoms with Gasteiger partial charge in [-0.25, -0.2) is 0 Å². The van der Waals surface area contributed by atoms with E-state index in [1.54, 1.807) is 10.8 Å². The van der Waals surface area contributed by atoms with Crippen LogP contribution in [0.1, 0.15) is 45.4 Å². The maximum absolute atomic E-state index is 12.6. The van der Waals surface area contributed by atoms with E-state index >= 15 is 0 Å². The number of amides is 1. The molecule has 7 nitrogen and oxygen atoms in total. The molecule has 3 heterocycles. The quantitative estimate of drug-likeness (QED) is 0.924. The molecule has 1 aliphatic heterocycles. The summed E-state index contributed by atoms with van der Waals surface area (Å²) in [7, 11) is 0. The highest BCUT2D eigenvalue weighted by molar-refractivity contribution is 5.79. The van der Waals surface area contributed by atoms with Gasteiger partial charge >= 0.3 is 0 Å². The lowest BCUT2D eigenvalue weighted by molar-refractivity contribution is -0.126. The average Bonchev–Trinajstić information content (AvgIpc) is 3.11. The van der Waals surface area contributed by atoms with Gasteiger partial charge in [-0.2, -0.15) is 4.52 Å². The molecule has 0 spiro atoms. The number of fused-ring (bicyclic) bond motifs is 1. The number of aromatic nitrogens is 4. The molecule has 1 saturated carbocycles. The van der Waals surface area contributed by atoms with Crippen LogP contribution in [0.15, 0.2) is 18.5 Å². The second kappa shape index (κ2) is 6.98. The number of hydrogen-bond acceptors (Lipinski definition) is 5. The molecule has 2 aliphatic rings. The third-order valence-electron chi connectivity index (χ3n) is 5.78. The molecule has 1 amide bonds. The number of carbonyl (C=O) groups is 1. The number of nitrogens with one attached hydrogen (secondary N) is 1. The van der Waals surface area contributed by atoms with E-state index in [4.69, 9.17) is 0 Å². The lowest BCUT2D eigenvalue weighted by Crippen LogP contribution is -2.46. The van der Waals surface area contributed by atoms with Gasteiger partial charge in [0.05, 0.1) is 0 Å². The van der Waals surface area contributed by atoms with Crippen LogP contribution in [0.3, 0.4) is 0 Å². The molecule has 2 fully saturated rings. The van der Waals surface area contributed by atoms with Crippen molar-refractivity contribution in [1.29, 1.82) is 0 Å². The third-order valence-corrected chi connectivity index (χ3v) is 5.78. The zero-order valence-electron chi connectivity index (χ0n) is 14.8. The molecule has 0 aromatic carbocycles. The summed E-state index contributed by atoms with van der Waals surface area (Å²) in [4.78, 5) is 14.9. The van der Waals surface area contributed by atoms with Gasteiger partial charge in [0.2, 0.25) is 5.91 Å². The molecular formula is C18H26N6O. The molecule has 1 N–H and O–H groups in total. The zero-order chi connectivity index (χ0) is 17.2. The van der Waals surface area contributed by atoms with E-state index < -0.39 is 0 Å². The Bertz CT molecular complexity index is 736. The average molecular weight is 342 g/mol. The summed E-state index contributed by atoms with van der Waals surface area (Å²) in [5.74, 6) is 1.91. The van der Waals surface area contributed by atoms with Crippen molar-refractivity contribution in [2.24, 2.45) is 11.8 Å². The van der Waals surface area contributed by atoms with Crippen LogP contribution >= 0.6 is 0 Å². The number of nitrogens with zero attached hydrogens (tertiary/aromatic N) is 5. The summed E-state index contributed by atoms with van der Waals surface area (Å²) in [6.45, 7) is 3.98. The molecule has 1 aliphatic carbocycles. The van der Waals surface area contributed by atoms with Gasteiger partial charge in [0.15, 0.2) is 5.65 Å². The van der Waals surface area contributed by atoms with Crippen molar-refractivity contribution in [3.63, 3.8) is 0 Å². The number of rotatable bonds is 3. The van der Waals surface area contributed by atoms with Crippen LogP contribution in [0.5, 0.6) is 0 Å². The van der Waals surface area contributed by atoms with E-state index in [1.165, 1.54) is 19.3 Å². The molecule has 0 radical (unpaired) electrons. The summed E-state index contributed by atoms with van der Waals surface area (Å²) in [6.07, 6.45) is 8.30. The van der Waals surface area contributed by atoms with Crippen LogP contribution in [-0.2, 0) is 4.79 Å². The maximum atomic E-state index is 12.6. The van der Waals surface area contributed by atoms with E-state index in [2.05, 4.69) is 32.4 Å². The SMILES string of the molecule is CC1CCCCC1NC(=O)C1CCN(c2ccc3nncn3n2)CC1. The fraction of sp³-hybridized carbons (Fsp3) is 0.667. The Balaban J connectivity index is 1.33. The van der Waals surface area contributed by atoms with Crippen LogP contribution in [0, 0.1) is 11.8 Å². The summed E-state index contributed by atoms with van der Waals surface area (Å²) < 4.78 is 1.69. The molecule has 2 aromatic heterocycles.